The second-order valence-electron chi connectivity index (χ2n) is 8.00. The molecule has 0 unspecified atom stereocenters. The summed E-state index contributed by atoms with van der Waals surface area (Å²) in [6.07, 6.45) is 3.59. The van der Waals surface area contributed by atoms with Crippen molar-refractivity contribution in [2.24, 2.45) is 5.10 Å². The van der Waals surface area contributed by atoms with Crippen LogP contribution in [0.15, 0.2) is 41.5 Å². The van der Waals surface area contributed by atoms with Gasteiger partial charge >= 0.3 is 0 Å². The van der Waals surface area contributed by atoms with Crippen LogP contribution in [0.25, 0.3) is 11.1 Å². The number of hydrogen-bond acceptors (Lipinski definition) is 6. The number of carboxylic acids is 1. The van der Waals surface area contributed by atoms with E-state index in [1.54, 1.807) is 0 Å². The zero-order valence-corrected chi connectivity index (χ0v) is 18.6. The van der Waals surface area contributed by atoms with Crippen molar-refractivity contribution in [3.8, 4) is 16.9 Å². The van der Waals surface area contributed by atoms with Crippen molar-refractivity contribution in [2.75, 3.05) is 16.8 Å². The van der Waals surface area contributed by atoms with Gasteiger partial charge in [0, 0.05) is 29.2 Å². The van der Waals surface area contributed by atoms with Gasteiger partial charge in [-0.2, -0.15) is 5.10 Å². The Hall–Kier alpha value is -3.26. The van der Waals surface area contributed by atoms with Gasteiger partial charge in [0.25, 0.3) is 11.9 Å². The lowest BCUT2D eigenvalue weighted by molar-refractivity contribution is -0.134. The molecular formula is C23H25ClN4O4. The summed E-state index contributed by atoms with van der Waals surface area (Å²) in [6, 6.07) is 12.1. The first-order chi connectivity index (χ1) is 15.3. The first-order valence-electron chi connectivity index (χ1n) is 10.5. The fourth-order valence-electron chi connectivity index (χ4n) is 3.83. The molecule has 1 amide bonds. The van der Waals surface area contributed by atoms with E-state index >= 15 is 0 Å². The van der Waals surface area contributed by atoms with E-state index in [0.717, 1.165) is 35.2 Å². The number of benzene rings is 2. The van der Waals surface area contributed by atoms with Crippen molar-refractivity contribution in [3.05, 3.63) is 41.4 Å². The standard InChI is InChI=1S/C21H21ClN4O2.C2H4O2/c1-12-21(27)25-24-20-11-28-19-9-16(13-5-7-14(22)8-6-13)17(10-18(19)26(12)20)23-15-3-2-4-15;1-2(3)4/h5-10,12,15,23H,2-4,11H2,1H3,(H,25,27);1H3,(H,3,4)/t12-;/m1./s1. The highest BCUT2D eigenvalue weighted by molar-refractivity contribution is 6.30. The SMILES string of the molecule is CC(=O)O.C[C@@H]1C(=O)NN=C2COc3cc(-c4ccc(Cl)cc4)c(NC4CCC4)cc3N21. The van der Waals surface area contributed by atoms with Gasteiger partial charge in [-0.25, -0.2) is 5.43 Å². The van der Waals surface area contributed by atoms with Crippen molar-refractivity contribution in [2.45, 2.75) is 45.2 Å². The zero-order valence-electron chi connectivity index (χ0n) is 17.9. The number of hydrazone groups is 1. The Morgan fingerprint density at radius 2 is 1.97 bits per heavy atom. The Morgan fingerprint density at radius 1 is 1.28 bits per heavy atom. The number of aliphatic carboxylic acids is 1. The van der Waals surface area contributed by atoms with E-state index in [4.69, 9.17) is 26.2 Å². The summed E-state index contributed by atoms with van der Waals surface area (Å²) in [5.41, 5.74) is 6.61. The molecule has 8 nitrogen and oxygen atoms in total. The van der Waals surface area contributed by atoms with Gasteiger partial charge in [-0.1, -0.05) is 23.7 Å². The Morgan fingerprint density at radius 3 is 2.59 bits per heavy atom. The summed E-state index contributed by atoms with van der Waals surface area (Å²) in [7, 11) is 0. The van der Waals surface area contributed by atoms with Crippen LogP contribution in [0.1, 0.15) is 33.1 Å². The molecule has 0 bridgehead atoms. The number of halogens is 1. The molecule has 168 valence electrons. The molecule has 1 aliphatic carbocycles. The molecule has 2 aliphatic heterocycles. The molecule has 1 saturated carbocycles. The van der Waals surface area contributed by atoms with Crippen LogP contribution >= 0.6 is 11.6 Å². The van der Waals surface area contributed by atoms with Crippen LogP contribution in [0, 0.1) is 0 Å². The topological polar surface area (TPSA) is 103 Å². The number of amidine groups is 1. The maximum atomic E-state index is 12.2. The third-order valence-corrected chi connectivity index (χ3v) is 5.93. The average Bonchev–Trinajstić information content (AvgIpc) is 2.72. The molecule has 2 aromatic rings. The number of anilines is 2. The van der Waals surface area contributed by atoms with Gasteiger partial charge in [0.2, 0.25) is 0 Å². The molecule has 32 heavy (non-hydrogen) atoms. The van der Waals surface area contributed by atoms with Crippen molar-refractivity contribution in [3.63, 3.8) is 0 Å². The van der Waals surface area contributed by atoms with Crippen LogP contribution < -0.4 is 20.4 Å². The highest BCUT2D eigenvalue weighted by Gasteiger charge is 2.36. The first kappa shape index (κ1) is 22.0. The van der Waals surface area contributed by atoms with Gasteiger partial charge in [-0.05, 0) is 56.0 Å². The molecule has 5 rings (SSSR count). The number of carbonyl (C=O) groups is 2. The number of amides is 1. The number of fused-ring (bicyclic) bond motifs is 3. The molecule has 0 saturated heterocycles. The van der Waals surface area contributed by atoms with E-state index in [-0.39, 0.29) is 11.9 Å². The lowest BCUT2D eigenvalue weighted by atomic mass is 9.92. The Bertz CT molecular complexity index is 1060. The molecule has 9 heteroatoms. The molecule has 3 N–H and O–H groups in total. The number of ether oxygens (including phenoxy) is 1. The van der Waals surface area contributed by atoms with Crippen molar-refractivity contribution in [1.82, 2.24) is 5.43 Å². The van der Waals surface area contributed by atoms with E-state index in [9.17, 15) is 4.79 Å². The molecule has 2 aromatic carbocycles. The molecule has 1 atom stereocenters. The molecule has 0 aromatic heterocycles. The summed E-state index contributed by atoms with van der Waals surface area (Å²) in [6.45, 7) is 3.29. The number of hydrogen-bond donors (Lipinski definition) is 3. The number of rotatable bonds is 3. The molecule has 0 spiro atoms. The fourth-order valence-corrected chi connectivity index (χ4v) is 3.96. The fraction of sp³-hybridized carbons (Fsp3) is 0.348. The molecular weight excluding hydrogens is 432 g/mol. The second-order valence-corrected chi connectivity index (χ2v) is 8.44. The quantitative estimate of drug-likeness (QED) is 0.642. The molecule has 0 radical (unpaired) electrons. The monoisotopic (exact) mass is 456 g/mol. The Balaban J connectivity index is 0.000000567. The van der Waals surface area contributed by atoms with Crippen molar-refractivity contribution in [1.29, 1.82) is 0 Å². The average molecular weight is 457 g/mol. The van der Waals surface area contributed by atoms with Gasteiger partial charge in [-0.15, -0.1) is 0 Å². The molecule has 2 heterocycles. The third-order valence-electron chi connectivity index (χ3n) is 5.68. The van der Waals surface area contributed by atoms with Crippen LogP contribution in [-0.4, -0.2) is 41.5 Å². The second kappa shape index (κ2) is 9.08. The normalized spacial score (nSPS) is 19.1. The maximum Gasteiger partial charge on any atom is 0.300 e. The number of carbonyl (C=O) groups excluding carboxylic acids is 1. The largest absolute Gasteiger partial charge is 0.483 e. The van der Waals surface area contributed by atoms with Gasteiger partial charge < -0.3 is 20.1 Å². The smallest absolute Gasteiger partial charge is 0.300 e. The van der Waals surface area contributed by atoms with Gasteiger partial charge in [0.1, 0.15) is 18.4 Å². The predicted octanol–water partition coefficient (Wildman–Crippen LogP) is 4.09. The van der Waals surface area contributed by atoms with Crippen molar-refractivity contribution < 1.29 is 19.4 Å². The van der Waals surface area contributed by atoms with E-state index < -0.39 is 5.97 Å². The minimum Gasteiger partial charge on any atom is -0.483 e. The van der Waals surface area contributed by atoms with E-state index in [0.29, 0.717) is 23.5 Å². The lowest BCUT2D eigenvalue weighted by Crippen LogP contribution is -2.55. The van der Waals surface area contributed by atoms with Gasteiger partial charge in [-0.3, -0.25) is 9.59 Å². The van der Waals surface area contributed by atoms with Gasteiger partial charge in [0.15, 0.2) is 5.84 Å². The third kappa shape index (κ3) is 4.50. The van der Waals surface area contributed by atoms with Crippen LogP contribution in [0.4, 0.5) is 11.4 Å². The lowest BCUT2D eigenvalue weighted by Gasteiger charge is -2.39. The highest BCUT2D eigenvalue weighted by Crippen LogP contribution is 2.43. The van der Waals surface area contributed by atoms with Crippen molar-refractivity contribution >= 4 is 40.7 Å². The van der Waals surface area contributed by atoms with Gasteiger partial charge in [0.05, 0.1) is 5.69 Å². The summed E-state index contributed by atoms with van der Waals surface area (Å²) in [4.78, 5) is 23.1. The first-order valence-corrected chi connectivity index (χ1v) is 10.9. The van der Waals surface area contributed by atoms with Crippen LogP contribution in [0.2, 0.25) is 5.02 Å². The predicted molar refractivity (Wildman–Crippen MR) is 124 cm³/mol. The van der Waals surface area contributed by atoms with E-state index in [2.05, 4.69) is 28.0 Å². The van der Waals surface area contributed by atoms with Crippen LogP contribution in [0.5, 0.6) is 5.75 Å². The minimum absolute atomic E-state index is 0.119. The summed E-state index contributed by atoms with van der Waals surface area (Å²) < 4.78 is 5.99. The zero-order chi connectivity index (χ0) is 22.8. The summed E-state index contributed by atoms with van der Waals surface area (Å²) in [5, 5.41) is 16.0. The Labute approximate surface area is 191 Å². The van der Waals surface area contributed by atoms with E-state index in [1.165, 1.54) is 19.3 Å². The Kier molecular flexibility index (Phi) is 6.23. The number of carboxylic acid groups (broad SMARTS) is 1. The number of nitrogens with zero attached hydrogens (tertiary/aromatic N) is 2. The summed E-state index contributed by atoms with van der Waals surface area (Å²) in [5.74, 6) is 0.518. The summed E-state index contributed by atoms with van der Waals surface area (Å²) >= 11 is 6.08. The van der Waals surface area contributed by atoms with Crippen LogP contribution in [0.3, 0.4) is 0 Å². The molecule has 1 fully saturated rings. The maximum absolute atomic E-state index is 12.2. The molecule has 3 aliphatic rings. The van der Waals surface area contributed by atoms with Crippen LogP contribution in [-0.2, 0) is 9.59 Å². The number of nitrogens with one attached hydrogen (secondary N) is 2. The van der Waals surface area contributed by atoms with E-state index in [1.807, 2.05) is 36.1 Å². The highest BCUT2D eigenvalue weighted by atomic mass is 35.5. The minimum atomic E-state index is -0.833.